The topological polar surface area (TPSA) is 81.7 Å². The Bertz CT molecular complexity index is 1140. The summed E-state index contributed by atoms with van der Waals surface area (Å²) in [6.45, 7) is 0.779. The molecule has 4 aromatic rings. The quantitative estimate of drug-likeness (QED) is 0.321. The zero-order valence-corrected chi connectivity index (χ0v) is 15.4. The minimum atomic E-state index is -0.0545. The predicted molar refractivity (Wildman–Crippen MR) is 116 cm³/mol. The number of fused-ring (bicyclic) bond motifs is 2. The van der Waals surface area contributed by atoms with Crippen LogP contribution in [0.1, 0.15) is 11.1 Å². The number of para-hydroxylation sites is 1. The van der Waals surface area contributed by atoms with E-state index in [-0.39, 0.29) is 18.4 Å². The minimum Gasteiger partial charge on any atom is -0.369 e. The van der Waals surface area contributed by atoms with Crippen molar-refractivity contribution in [1.29, 1.82) is 0 Å². The van der Waals surface area contributed by atoms with Gasteiger partial charge < -0.3 is 16.0 Å². The number of benzene rings is 3. The lowest BCUT2D eigenvalue weighted by Gasteiger charge is -2.07. The number of halogens is 1. The Morgan fingerprint density at radius 3 is 2.48 bits per heavy atom. The molecule has 0 aliphatic rings. The van der Waals surface area contributed by atoms with E-state index in [1.165, 1.54) is 16.3 Å². The predicted octanol–water partition coefficient (Wildman–Crippen LogP) is 3.87. The highest BCUT2D eigenvalue weighted by Gasteiger charge is 2.07. The summed E-state index contributed by atoms with van der Waals surface area (Å²) in [4.78, 5) is 0. The van der Waals surface area contributed by atoms with Gasteiger partial charge in [0.05, 0.1) is 6.21 Å². The van der Waals surface area contributed by atoms with Gasteiger partial charge in [-0.25, -0.2) is 0 Å². The van der Waals surface area contributed by atoms with Crippen molar-refractivity contribution in [3.63, 3.8) is 0 Å². The average Bonchev–Trinajstić information content (AvgIpc) is 2.99. The molecule has 4 rings (SSSR count). The lowest BCUT2D eigenvalue weighted by Crippen LogP contribution is -2.21. The van der Waals surface area contributed by atoms with E-state index in [1.807, 2.05) is 12.1 Å². The van der Waals surface area contributed by atoms with Crippen molar-refractivity contribution < 1.29 is 0 Å². The summed E-state index contributed by atoms with van der Waals surface area (Å²) in [6, 6.07) is 23.2. The Labute approximate surface area is 163 Å². The molecule has 1 heterocycles. The number of guanidine groups is 1. The van der Waals surface area contributed by atoms with Gasteiger partial charge in [0.15, 0.2) is 0 Å². The second kappa shape index (κ2) is 7.93. The highest BCUT2D eigenvalue weighted by atomic mass is 35.5. The number of hydrogen-bond acceptors (Lipinski definition) is 2. The van der Waals surface area contributed by atoms with E-state index < -0.39 is 0 Å². The maximum atomic E-state index is 5.33. The molecule has 0 unspecified atom stereocenters. The fourth-order valence-electron chi connectivity index (χ4n) is 3.20. The zero-order valence-electron chi connectivity index (χ0n) is 14.6. The molecule has 0 spiro atoms. The van der Waals surface area contributed by atoms with Gasteiger partial charge in [-0.2, -0.15) is 5.10 Å². The molecular formula is C21H20ClN5. The van der Waals surface area contributed by atoms with Crippen LogP contribution in [0.5, 0.6) is 0 Å². The van der Waals surface area contributed by atoms with Crippen molar-refractivity contribution in [1.82, 2.24) is 4.57 Å². The van der Waals surface area contributed by atoms with Crippen LogP contribution in [0.25, 0.3) is 21.7 Å². The lowest BCUT2D eigenvalue weighted by atomic mass is 10.1. The van der Waals surface area contributed by atoms with E-state index in [2.05, 4.69) is 75.6 Å². The van der Waals surface area contributed by atoms with E-state index in [1.54, 1.807) is 6.21 Å². The Morgan fingerprint density at radius 1 is 0.926 bits per heavy atom. The summed E-state index contributed by atoms with van der Waals surface area (Å²) >= 11 is 0. The summed E-state index contributed by atoms with van der Waals surface area (Å²) in [5.41, 5.74) is 14.0. The minimum absolute atomic E-state index is 0. The number of hydrogen-bond donors (Lipinski definition) is 2. The molecule has 0 amide bonds. The van der Waals surface area contributed by atoms with Crippen LogP contribution in [0.4, 0.5) is 0 Å². The van der Waals surface area contributed by atoms with Crippen molar-refractivity contribution >= 4 is 46.3 Å². The fourth-order valence-corrected chi connectivity index (χ4v) is 3.20. The van der Waals surface area contributed by atoms with E-state index in [0.717, 1.165) is 23.0 Å². The van der Waals surface area contributed by atoms with Crippen molar-refractivity contribution in [2.45, 2.75) is 6.54 Å². The Kier molecular flexibility index (Phi) is 5.43. The second-order valence-electron chi connectivity index (χ2n) is 6.18. The smallest absolute Gasteiger partial charge is 0.211 e. The number of nitrogens with two attached hydrogens (primary N) is 2. The van der Waals surface area contributed by atoms with Gasteiger partial charge in [0.25, 0.3) is 0 Å². The zero-order chi connectivity index (χ0) is 17.9. The van der Waals surface area contributed by atoms with Crippen LogP contribution in [0.2, 0.25) is 0 Å². The van der Waals surface area contributed by atoms with Crippen LogP contribution in [-0.2, 0) is 6.54 Å². The monoisotopic (exact) mass is 377 g/mol. The molecule has 4 N–H and O–H groups in total. The normalized spacial score (nSPS) is 11.0. The first kappa shape index (κ1) is 18.5. The summed E-state index contributed by atoms with van der Waals surface area (Å²) in [7, 11) is 0. The molecule has 0 fully saturated rings. The molecule has 0 saturated heterocycles. The second-order valence-corrected chi connectivity index (χ2v) is 6.18. The van der Waals surface area contributed by atoms with Crippen LogP contribution < -0.4 is 11.5 Å². The molecule has 0 aliphatic heterocycles. The van der Waals surface area contributed by atoms with Gasteiger partial charge in [-0.05, 0) is 28.5 Å². The molecule has 5 nitrogen and oxygen atoms in total. The Hall–Kier alpha value is -3.31. The van der Waals surface area contributed by atoms with Crippen molar-refractivity contribution in [3.05, 3.63) is 84.1 Å². The van der Waals surface area contributed by atoms with Gasteiger partial charge in [0.1, 0.15) is 0 Å². The highest BCUT2D eigenvalue weighted by molar-refractivity contribution is 5.99. The first-order chi connectivity index (χ1) is 12.7. The molecule has 0 bridgehead atoms. The SMILES string of the molecule is Cl.NC(N)=N/N=C/c1cn(Cc2ccc3ccccc3c2)c2ccccc12. The van der Waals surface area contributed by atoms with Gasteiger partial charge >= 0.3 is 0 Å². The van der Waals surface area contributed by atoms with Gasteiger partial charge in [-0.1, -0.05) is 54.6 Å². The maximum absolute atomic E-state index is 5.33. The van der Waals surface area contributed by atoms with Crippen LogP contribution in [0.15, 0.2) is 83.1 Å². The van der Waals surface area contributed by atoms with Crippen LogP contribution in [0.3, 0.4) is 0 Å². The molecule has 0 atom stereocenters. The first-order valence-electron chi connectivity index (χ1n) is 8.38. The summed E-state index contributed by atoms with van der Waals surface area (Å²) in [5, 5.41) is 11.2. The molecule has 6 heteroatoms. The molecule has 3 aromatic carbocycles. The third-order valence-corrected chi connectivity index (χ3v) is 4.36. The van der Waals surface area contributed by atoms with Crippen LogP contribution in [-0.4, -0.2) is 16.7 Å². The molecular weight excluding hydrogens is 358 g/mol. The van der Waals surface area contributed by atoms with E-state index in [0.29, 0.717) is 0 Å². The third-order valence-electron chi connectivity index (χ3n) is 4.36. The maximum Gasteiger partial charge on any atom is 0.211 e. The van der Waals surface area contributed by atoms with E-state index in [4.69, 9.17) is 11.5 Å². The summed E-state index contributed by atoms with van der Waals surface area (Å²) in [6.07, 6.45) is 3.75. The van der Waals surface area contributed by atoms with Crippen molar-refractivity contribution in [3.8, 4) is 0 Å². The Balaban J connectivity index is 0.00000210. The van der Waals surface area contributed by atoms with Gasteiger partial charge in [0, 0.05) is 29.2 Å². The number of rotatable bonds is 4. The van der Waals surface area contributed by atoms with Gasteiger partial charge in [0.2, 0.25) is 5.96 Å². The molecule has 27 heavy (non-hydrogen) atoms. The fraction of sp³-hybridized carbons (Fsp3) is 0.0476. The van der Waals surface area contributed by atoms with Gasteiger partial charge in [-0.3, -0.25) is 0 Å². The lowest BCUT2D eigenvalue weighted by molar-refractivity contribution is 0.837. The Morgan fingerprint density at radius 2 is 1.67 bits per heavy atom. The van der Waals surface area contributed by atoms with Crippen molar-refractivity contribution in [2.75, 3.05) is 0 Å². The third kappa shape index (κ3) is 3.93. The number of nitrogens with zero attached hydrogens (tertiary/aromatic N) is 3. The molecule has 136 valence electrons. The van der Waals surface area contributed by atoms with Crippen LogP contribution in [0, 0.1) is 0 Å². The largest absolute Gasteiger partial charge is 0.369 e. The molecule has 0 saturated carbocycles. The standard InChI is InChI=1S/C21H19N5.ClH/c22-21(23)25-24-12-18-14-26(20-8-4-3-7-19(18)20)13-15-9-10-16-5-1-2-6-17(16)11-15;/h1-12,14H,13H2,(H4,22,23,25);1H/b24-12+;. The van der Waals surface area contributed by atoms with Crippen molar-refractivity contribution in [2.24, 2.45) is 21.7 Å². The highest BCUT2D eigenvalue weighted by Crippen LogP contribution is 2.23. The van der Waals surface area contributed by atoms with E-state index >= 15 is 0 Å². The molecule has 0 radical (unpaired) electrons. The average molecular weight is 378 g/mol. The summed E-state index contributed by atoms with van der Waals surface area (Å²) < 4.78 is 2.22. The number of aromatic nitrogens is 1. The molecule has 1 aromatic heterocycles. The summed E-state index contributed by atoms with van der Waals surface area (Å²) in [5.74, 6) is -0.0545. The van der Waals surface area contributed by atoms with Crippen LogP contribution >= 0.6 is 12.4 Å². The van der Waals surface area contributed by atoms with E-state index in [9.17, 15) is 0 Å². The molecule has 0 aliphatic carbocycles. The first-order valence-corrected chi connectivity index (χ1v) is 8.38. The van der Waals surface area contributed by atoms with Gasteiger partial charge in [-0.15, -0.1) is 17.5 Å².